The van der Waals surface area contributed by atoms with E-state index in [0.717, 1.165) is 12.8 Å². The molecule has 0 radical (unpaired) electrons. The predicted molar refractivity (Wildman–Crippen MR) is 82.7 cm³/mol. The third-order valence-corrected chi connectivity index (χ3v) is 5.36. The highest BCUT2D eigenvalue weighted by molar-refractivity contribution is 6.33. The maximum Gasteiger partial charge on any atom is 0.332 e. The van der Waals surface area contributed by atoms with Gasteiger partial charge in [-0.3, -0.25) is 4.79 Å². The van der Waals surface area contributed by atoms with Crippen LogP contribution in [0, 0.1) is 18.3 Å². The Bertz CT molecular complexity index is 717. The van der Waals surface area contributed by atoms with Crippen LogP contribution in [0.5, 0.6) is 0 Å². The van der Waals surface area contributed by atoms with Crippen molar-refractivity contribution < 1.29 is 9.59 Å². The van der Waals surface area contributed by atoms with Gasteiger partial charge in [-0.1, -0.05) is 24.4 Å². The van der Waals surface area contributed by atoms with Crippen molar-refractivity contribution in [3.05, 3.63) is 28.3 Å². The zero-order valence-electron chi connectivity index (χ0n) is 12.5. The zero-order valence-corrected chi connectivity index (χ0v) is 13.3. The largest absolute Gasteiger partial charge is 0.332 e. The number of halogens is 1. The molecule has 1 aromatic carbocycles. The van der Waals surface area contributed by atoms with Gasteiger partial charge in [0, 0.05) is 7.05 Å². The second-order valence-electron chi connectivity index (χ2n) is 5.90. The molecule has 3 amide bonds. The molecule has 0 unspecified atom stereocenters. The Balaban J connectivity index is 2.10. The summed E-state index contributed by atoms with van der Waals surface area (Å²) in [6.07, 6.45) is 3.30. The van der Waals surface area contributed by atoms with Crippen molar-refractivity contribution in [1.29, 1.82) is 5.26 Å². The summed E-state index contributed by atoms with van der Waals surface area (Å²) in [5.41, 5.74) is 0.676. The third-order valence-electron chi connectivity index (χ3n) is 4.87. The summed E-state index contributed by atoms with van der Waals surface area (Å²) < 4.78 is 0. The van der Waals surface area contributed by atoms with E-state index in [2.05, 4.69) is 0 Å². The van der Waals surface area contributed by atoms with Crippen molar-refractivity contribution in [3.63, 3.8) is 0 Å². The number of anilines is 1. The molecule has 0 aromatic heterocycles. The quantitative estimate of drug-likeness (QED) is 0.747. The van der Waals surface area contributed by atoms with Gasteiger partial charge in [-0.2, -0.15) is 5.26 Å². The molecular formula is C16H16ClN3O2. The first kappa shape index (κ1) is 14.9. The number of carbonyl (C=O) groups excluding carboxylic acids is 2. The molecule has 3 rings (SSSR count). The number of carbonyl (C=O) groups is 2. The van der Waals surface area contributed by atoms with Gasteiger partial charge in [-0.05, 0) is 37.5 Å². The normalized spacial score (nSPS) is 20.1. The van der Waals surface area contributed by atoms with E-state index in [1.54, 1.807) is 31.0 Å². The average molecular weight is 318 g/mol. The monoisotopic (exact) mass is 317 g/mol. The summed E-state index contributed by atoms with van der Waals surface area (Å²) in [4.78, 5) is 28.3. The van der Waals surface area contributed by atoms with E-state index in [1.807, 2.05) is 6.07 Å². The number of hydrogen-bond donors (Lipinski definition) is 0. The summed E-state index contributed by atoms with van der Waals surface area (Å²) in [5.74, 6) is -0.179. The number of likely N-dealkylation sites (N-methyl/N-ethyl adjacent to an activating group) is 1. The smallest absolute Gasteiger partial charge is 0.312 e. The Kier molecular flexibility index (Phi) is 3.37. The molecule has 0 N–H and O–H groups in total. The fourth-order valence-corrected chi connectivity index (χ4v) is 3.70. The van der Waals surface area contributed by atoms with E-state index in [9.17, 15) is 9.59 Å². The van der Waals surface area contributed by atoms with Crippen LogP contribution in [0.3, 0.4) is 0 Å². The fraction of sp³-hybridized carbons (Fsp3) is 0.438. The van der Waals surface area contributed by atoms with Crippen molar-refractivity contribution in [3.8, 4) is 6.07 Å². The molecule has 1 saturated carbocycles. The van der Waals surface area contributed by atoms with Gasteiger partial charge in [0.15, 0.2) is 0 Å². The lowest BCUT2D eigenvalue weighted by Gasteiger charge is -2.27. The maximum absolute atomic E-state index is 12.9. The highest BCUT2D eigenvalue weighted by Crippen LogP contribution is 2.43. The first-order valence-electron chi connectivity index (χ1n) is 7.25. The molecule has 6 heteroatoms. The van der Waals surface area contributed by atoms with Gasteiger partial charge >= 0.3 is 6.03 Å². The molecule has 2 fully saturated rings. The summed E-state index contributed by atoms with van der Waals surface area (Å²) >= 11 is 6.17. The number of hydrogen-bond acceptors (Lipinski definition) is 3. The standard InChI is InChI=1S/C16H16ClN3O2/c1-10-12(6-5-11(9-18)13(10)17)20-14(21)16(7-3-4-8-16)19(2)15(20)22/h5-6H,3-4,7-8H2,1-2H3. The van der Waals surface area contributed by atoms with Crippen molar-refractivity contribution in [2.45, 2.75) is 38.1 Å². The van der Waals surface area contributed by atoms with Crippen LogP contribution in [0.15, 0.2) is 12.1 Å². The Hall–Kier alpha value is -2.06. The van der Waals surface area contributed by atoms with Gasteiger partial charge in [-0.15, -0.1) is 0 Å². The number of urea groups is 1. The van der Waals surface area contributed by atoms with Gasteiger partial charge < -0.3 is 4.90 Å². The number of imide groups is 1. The highest BCUT2D eigenvalue weighted by atomic mass is 35.5. The lowest BCUT2D eigenvalue weighted by Crippen LogP contribution is -2.45. The van der Waals surface area contributed by atoms with E-state index in [4.69, 9.17) is 16.9 Å². The van der Waals surface area contributed by atoms with Gasteiger partial charge in [0.25, 0.3) is 5.91 Å². The summed E-state index contributed by atoms with van der Waals surface area (Å²) in [7, 11) is 1.69. The SMILES string of the molecule is Cc1c(N2C(=O)N(C)C3(CCCC3)C2=O)ccc(C#N)c1Cl. The summed E-state index contributed by atoms with van der Waals surface area (Å²) in [6, 6.07) is 4.85. The zero-order chi connectivity index (χ0) is 16.1. The van der Waals surface area contributed by atoms with E-state index in [0.29, 0.717) is 29.7 Å². The fourth-order valence-electron chi connectivity index (χ4n) is 3.50. The molecule has 1 spiro atoms. The third kappa shape index (κ3) is 1.77. The second kappa shape index (κ2) is 4.99. The molecule has 1 aromatic rings. The number of rotatable bonds is 1. The van der Waals surface area contributed by atoms with Gasteiger partial charge in [-0.25, -0.2) is 9.69 Å². The van der Waals surface area contributed by atoms with Crippen molar-refractivity contribution >= 4 is 29.2 Å². The van der Waals surface area contributed by atoms with Crippen LogP contribution < -0.4 is 4.90 Å². The van der Waals surface area contributed by atoms with Crippen molar-refractivity contribution in [2.75, 3.05) is 11.9 Å². The Morgan fingerprint density at radius 2 is 1.91 bits per heavy atom. The van der Waals surface area contributed by atoms with Crippen molar-refractivity contribution in [2.24, 2.45) is 0 Å². The number of nitrogens with zero attached hydrogens (tertiary/aromatic N) is 3. The molecule has 114 valence electrons. The first-order chi connectivity index (χ1) is 10.4. The molecule has 1 aliphatic carbocycles. The Morgan fingerprint density at radius 1 is 1.27 bits per heavy atom. The summed E-state index contributed by atoms with van der Waals surface area (Å²) in [5, 5.41) is 9.31. The predicted octanol–water partition coefficient (Wildman–Crippen LogP) is 3.23. The van der Waals surface area contributed by atoms with E-state index in [1.165, 1.54) is 4.90 Å². The molecule has 1 aliphatic heterocycles. The number of benzene rings is 1. The maximum atomic E-state index is 12.9. The molecule has 0 atom stereocenters. The van der Waals surface area contributed by atoms with Crippen LogP contribution in [-0.4, -0.2) is 29.4 Å². The van der Waals surface area contributed by atoms with Gasteiger partial charge in [0.05, 0.1) is 16.3 Å². The summed E-state index contributed by atoms with van der Waals surface area (Å²) in [6.45, 7) is 1.72. The minimum Gasteiger partial charge on any atom is -0.312 e. The first-order valence-corrected chi connectivity index (χ1v) is 7.63. The lowest BCUT2D eigenvalue weighted by atomic mass is 9.96. The molecule has 1 heterocycles. The van der Waals surface area contributed by atoms with E-state index < -0.39 is 5.54 Å². The molecule has 0 bridgehead atoms. The van der Waals surface area contributed by atoms with Crippen LogP contribution in [0.4, 0.5) is 10.5 Å². The van der Waals surface area contributed by atoms with Gasteiger partial charge in [0.2, 0.25) is 0 Å². The molecule has 22 heavy (non-hydrogen) atoms. The van der Waals surface area contributed by atoms with E-state index >= 15 is 0 Å². The minimum absolute atomic E-state index is 0.179. The van der Waals surface area contributed by atoms with Crippen LogP contribution in [0.2, 0.25) is 5.02 Å². The number of amides is 3. The number of nitriles is 1. The van der Waals surface area contributed by atoms with Crippen molar-refractivity contribution in [1.82, 2.24) is 4.90 Å². The van der Waals surface area contributed by atoms with Gasteiger partial charge in [0.1, 0.15) is 11.6 Å². The molecule has 1 saturated heterocycles. The van der Waals surface area contributed by atoms with Crippen LogP contribution in [-0.2, 0) is 4.79 Å². The van der Waals surface area contributed by atoms with Crippen LogP contribution >= 0.6 is 11.6 Å². The molecule has 5 nitrogen and oxygen atoms in total. The highest BCUT2D eigenvalue weighted by Gasteiger charge is 2.57. The topological polar surface area (TPSA) is 64.4 Å². The van der Waals surface area contributed by atoms with Crippen LogP contribution in [0.1, 0.15) is 36.8 Å². The second-order valence-corrected chi connectivity index (χ2v) is 6.28. The Labute approximate surface area is 134 Å². The average Bonchev–Trinajstić information content (AvgIpc) is 3.06. The van der Waals surface area contributed by atoms with Crippen LogP contribution in [0.25, 0.3) is 0 Å². The minimum atomic E-state index is -0.704. The molecule has 2 aliphatic rings. The molecular weight excluding hydrogens is 302 g/mol. The van der Waals surface area contributed by atoms with E-state index in [-0.39, 0.29) is 17.0 Å². The Morgan fingerprint density at radius 3 is 2.50 bits per heavy atom. The lowest BCUT2D eigenvalue weighted by molar-refractivity contribution is -0.124.